The molecule has 3 aromatic rings. The van der Waals surface area contributed by atoms with Gasteiger partial charge in [-0.1, -0.05) is 53.7 Å². The summed E-state index contributed by atoms with van der Waals surface area (Å²) in [5, 5.41) is 12.8. The Labute approximate surface area is 232 Å². The molecule has 2 heterocycles. The maximum Gasteiger partial charge on any atom is 0.410 e. The summed E-state index contributed by atoms with van der Waals surface area (Å²) in [5.41, 5.74) is 3.54. The Bertz CT molecular complexity index is 1360. The van der Waals surface area contributed by atoms with E-state index in [1.807, 2.05) is 36.4 Å². The van der Waals surface area contributed by atoms with Crippen LogP contribution in [-0.4, -0.2) is 69.6 Å². The van der Waals surface area contributed by atoms with E-state index < -0.39 is 29.8 Å². The molecule has 0 spiro atoms. The van der Waals surface area contributed by atoms with Gasteiger partial charge in [-0.25, -0.2) is 14.4 Å². The number of ether oxygens (including phenoxy) is 2. The average Bonchev–Trinajstić information content (AvgIpc) is 3.53. The number of nitrogens with zero attached hydrogens (tertiary/aromatic N) is 3. The Hall–Kier alpha value is -4.34. The van der Waals surface area contributed by atoms with Crippen molar-refractivity contribution in [1.82, 2.24) is 15.0 Å². The standard InChI is InChI=1S/C30H33N3O7/c1-30(2,3)39-28(36)32-14-8-9-19(16-32)33(17-20-15-26(27(34)35)31-40-20)29(37)38-18-25-23-12-6-4-10-21(23)22-11-5-7-13-24(22)25/h4-7,10-13,15,19,25H,8-9,14,16-18H2,1-3H3,(H,34,35)/t19-/m1/s1. The third kappa shape index (κ3) is 5.80. The number of hydrogen-bond donors (Lipinski definition) is 1. The summed E-state index contributed by atoms with van der Waals surface area (Å²) in [5.74, 6) is -1.14. The van der Waals surface area contributed by atoms with E-state index in [2.05, 4.69) is 17.3 Å². The number of hydrogen-bond acceptors (Lipinski definition) is 7. The number of aromatic carboxylic acids is 1. The first-order chi connectivity index (χ1) is 19.1. The maximum absolute atomic E-state index is 13.7. The zero-order valence-electron chi connectivity index (χ0n) is 22.8. The molecule has 0 bridgehead atoms. The van der Waals surface area contributed by atoms with Crippen LogP contribution >= 0.6 is 0 Å². The van der Waals surface area contributed by atoms with Crippen LogP contribution in [-0.2, 0) is 16.0 Å². The minimum atomic E-state index is -1.23. The first-order valence-corrected chi connectivity index (χ1v) is 13.4. The SMILES string of the molecule is CC(C)(C)OC(=O)N1CCC[C@@H](N(Cc2cc(C(=O)O)no2)C(=O)OCC2c3ccccc3-c3ccccc32)C1. The van der Waals surface area contributed by atoms with E-state index in [1.54, 1.807) is 25.7 Å². The zero-order chi connectivity index (χ0) is 28.4. The van der Waals surface area contributed by atoms with E-state index in [0.717, 1.165) is 22.3 Å². The molecule has 5 rings (SSSR count). The third-order valence-electron chi connectivity index (χ3n) is 7.16. The van der Waals surface area contributed by atoms with Gasteiger partial charge in [0.25, 0.3) is 0 Å². The Morgan fingerprint density at radius 2 is 1.73 bits per heavy atom. The Balaban J connectivity index is 1.36. The van der Waals surface area contributed by atoms with Crippen LogP contribution in [0.5, 0.6) is 0 Å². The van der Waals surface area contributed by atoms with E-state index >= 15 is 0 Å². The summed E-state index contributed by atoms with van der Waals surface area (Å²) in [6.45, 7) is 6.25. The lowest BCUT2D eigenvalue weighted by Crippen LogP contribution is -2.52. The van der Waals surface area contributed by atoms with Crippen molar-refractivity contribution in [2.75, 3.05) is 19.7 Å². The number of piperidine rings is 1. The van der Waals surface area contributed by atoms with Crippen LogP contribution in [0.4, 0.5) is 9.59 Å². The summed E-state index contributed by atoms with van der Waals surface area (Å²) < 4.78 is 16.7. The molecular weight excluding hydrogens is 514 g/mol. The van der Waals surface area contributed by atoms with Gasteiger partial charge in [0.1, 0.15) is 12.2 Å². The van der Waals surface area contributed by atoms with Crippen molar-refractivity contribution < 1.29 is 33.5 Å². The van der Waals surface area contributed by atoms with Crippen molar-refractivity contribution in [1.29, 1.82) is 0 Å². The Morgan fingerprint density at radius 1 is 1.07 bits per heavy atom. The van der Waals surface area contributed by atoms with Gasteiger partial charge in [-0.3, -0.25) is 4.90 Å². The van der Waals surface area contributed by atoms with Crippen molar-refractivity contribution in [2.45, 2.75) is 57.7 Å². The molecule has 10 nitrogen and oxygen atoms in total. The molecule has 1 aromatic heterocycles. The molecule has 210 valence electrons. The number of rotatable bonds is 6. The molecule has 2 aromatic carbocycles. The van der Waals surface area contributed by atoms with Gasteiger partial charge in [0.05, 0.1) is 12.6 Å². The van der Waals surface area contributed by atoms with E-state index in [9.17, 15) is 19.5 Å². The average molecular weight is 548 g/mol. The molecule has 1 saturated heterocycles. The number of fused-ring (bicyclic) bond motifs is 3. The lowest BCUT2D eigenvalue weighted by atomic mass is 9.98. The molecule has 0 radical (unpaired) electrons. The van der Waals surface area contributed by atoms with Gasteiger partial charge in [0.15, 0.2) is 11.5 Å². The Morgan fingerprint density at radius 3 is 2.33 bits per heavy atom. The topological polar surface area (TPSA) is 122 Å². The number of aromatic nitrogens is 1. The number of amides is 2. The summed E-state index contributed by atoms with van der Waals surface area (Å²) in [6.07, 6.45) is 0.265. The van der Waals surface area contributed by atoms with Crippen LogP contribution in [0.2, 0.25) is 0 Å². The van der Waals surface area contributed by atoms with Crippen LogP contribution < -0.4 is 0 Å². The molecule has 10 heteroatoms. The van der Waals surface area contributed by atoms with Gasteiger partial charge in [-0.15, -0.1) is 0 Å². The van der Waals surface area contributed by atoms with Crippen molar-refractivity contribution in [3.63, 3.8) is 0 Å². The molecule has 1 atom stereocenters. The van der Waals surface area contributed by atoms with Crippen molar-refractivity contribution in [2.24, 2.45) is 0 Å². The summed E-state index contributed by atoms with van der Waals surface area (Å²) in [6, 6.07) is 17.1. The number of carbonyl (C=O) groups is 3. The van der Waals surface area contributed by atoms with Crippen LogP contribution in [0.15, 0.2) is 59.1 Å². The minimum absolute atomic E-state index is 0.0518. The summed E-state index contributed by atoms with van der Waals surface area (Å²) in [7, 11) is 0. The van der Waals surface area contributed by atoms with Crippen molar-refractivity contribution in [3.8, 4) is 11.1 Å². The van der Waals surface area contributed by atoms with Gasteiger partial charge >= 0.3 is 18.2 Å². The van der Waals surface area contributed by atoms with E-state index in [0.29, 0.717) is 19.4 Å². The monoisotopic (exact) mass is 547 g/mol. The molecular formula is C30H33N3O7. The largest absolute Gasteiger partial charge is 0.476 e. The highest BCUT2D eigenvalue weighted by atomic mass is 16.6. The quantitative estimate of drug-likeness (QED) is 0.428. The number of carboxylic acid groups (broad SMARTS) is 1. The number of carboxylic acids is 1. The predicted molar refractivity (Wildman–Crippen MR) is 145 cm³/mol. The zero-order valence-corrected chi connectivity index (χ0v) is 22.8. The fourth-order valence-electron chi connectivity index (χ4n) is 5.38. The predicted octanol–water partition coefficient (Wildman–Crippen LogP) is 5.52. The second-order valence-electron chi connectivity index (χ2n) is 11.1. The Kier molecular flexibility index (Phi) is 7.51. The second-order valence-corrected chi connectivity index (χ2v) is 11.1. The molecule has 40 heavy (non-hydrogen) atoms. The molecule has 1 aliphatic carbocycles. The summed E-state index contributed by atoms with van der Waals surface area (Å²) >= 11 is 0. The van der Waals surface area contributed by atoms with Gasteiger partial charge < -0.3 is 24.0 Å². The first-order valence-electron chi connectivity index (χ1n) is 13.4. The molecule has 1 fully saturated rings. The van der Waals surface area contributed by atoms with Gasteiger partial charge in [0.2, 0.25) is 0 Å². The van der Waals surface area contributed by atoms with Crippen LogP contribution in [0.1, 0.15) is 66.9 Å². The van der Waals surface area contributed by atoms with Crippen molar-refractivity contribution >= 4 is 18.2 Å². The van der Waals surface area contributed by atoms with Crippen LogP contribution in [0.25, 0.3) is 11.1 Å². The lowest BCUT2D eigenvalue weighted by molar-refractivity contribution is 0.00719. The number of benzene rings is 2. The molecule has 2 amide bonds. The van der Waals surface area contributed by atoms with Crippen LogP contribution in [0, 0.1) is 0 Å². The van der Waals surface area contributed by atoms with Gasteiger partial charge in [0, 0.05) is 25.1 Å². The first kappa shape index (κ1) is 27.2. The van der Waals surface area contributed by atoms with E-state index in [1.165, 1.54) is 11.0 Å². The number of likely N-dealkylation sites (tertiary alicyclic amines) is 1. The number of carbonyl (C=O) groups excluding carboxylic acids is 2. The van der Waals surface area contributed by atoms with Crippen molar-refractivity contribution in [3.05, 3.63) is 77.2 Å². The van der Waals surface area contributed by atoms with Gasteiger partial charge in [-0.05, 0) is 55.9 Å². The molecule has 0 saturated carbocycles. The van der Waals surface area contributed by atoms with Crippen LogP contribution in [0.3, 0.4) is 0 Å². The fourth-order valence-corrected chi connectivity index (χ4v) is 5.38. The lowest BCUT2D eigenvalue weighted by Gasteiger charge is -2.39. The van der Waals surface area contributed by atoms with E-state index in [4.69, 9.17) is 14.0 Å². The van der Waals surface area contributed by atoms with E-state index in [-0.39, 0.29) is 37.1 Å². The fraction of sp³-hybridized carbons (Fsp3) is 0.400. The summed E-state index contributed by atoms with van der Waals surface area (Å²) in [4.78, 5) is 40.9. The third-order valence-corrected chi connectivity index (χ3v) is 7.16. The molecule has 2 aliphatic rings. The highest BCUT2D eigenvalue weighted by Gasteiger charge is 2.35. The molecule has 1 N–H and O–H groups in total. The van der Waals surface area contributed by atoms with Gasteiger partial charge in [-0.2, -0.15) is 0 Å². The maximum atomic E-state index is 13.7. The molecule has 1 aliphatic heterocycles. The highest BCUT2D eigenvalue weighted by Crippen LogP contribution is 2.44. The second kappa shape index (κ2) is 11.0. The molecule has 0 unspecified atom stereocenters. The normalized spacial score (nSPS) is 16.7. The highest BCUT2D eigenvalue weighted by molar-refractivity contribution is 5.85. The minimum Gasteiger partial charge on any atom is -0.476 e. The smallest absolute Gasteiger partial charge is 0.410 e.